The normalized spacial score (nSPS) is 11.1. The van der Waals surface area contributed by atoms with E-state index in [0.717, 1.165) is 12.8 Å². The molecular formula is C11H20O4S. The quantitative estimate of drug-likeness (QED) is 0.373. The standard InChI is InChI=1S/C11H20O4S/c1-4-5-6-8-16(13,14)9-7-15-11(12)10(2)3/h2,4-9H2,1,3H3. The fourth-order valence-corrected chi connectivity index (χ4v) is 2.24. The van der Waals surface area contributed by atoms with Gasteiger partial charge in [0.15, 0.2) is 9.84 Å². The van der Waals surface area contributed by atoms with E-state index in [4.69, 9.17) is 4.74 Å². The van der Waals surface area contributed by atoms with Crippen LogP contribution in [-0.2, 0) is 19.4 Å². The van der Waals surface area contributed by atoms with Crippen molar-refractivity contribution in [2.24, 2.45) is 0 Å². The van der Waals surface area contributed by atoms with Crippen LogP contribution in [0.4, 0.5) is 0 Å². The SMILES string of the molecule is C=C(C)C(=O)OCCS(=O)(=O)CCCCC. The zero-order chi connectivity index (χ0) is 12.6. The van der Waals surface area contributed by atoms with Gasteiger partial charge in [-0.05, 0) is 13.3 Å². The monoisotopic (exact) mass is 248 g/mol. The number of carbonyl (C=O) groups is 1. The Bertz CT molecular complexity index is 330. The van der Waals surface area contributed by atoms with Crippen molar-refractivity contribution in [1.82, 2.24) is 0 Å². The van der Waals surface area contributed by atoms with Crippen molar-refractivity contribution in [2.45, 2.75) is 33.1 Å². The zero-order valence-corrected chi connectivity index (χ0v) is 10.8. The summed E-state index contributed by atoms with van der Waals surface area (Å²) in [5.41, 5.74) is 0.281. The molecule has 16 heavy (non-hydrogen) atoms. The van der Waals surface area contributed by atoms with Crippen LogP contribution < -0.4 is 0 Å². The Balaban J connectivity index is 3.83. The fraction of sp³-hybridized carbons (Fsp3) is 0.727. The number of esters is 1. The third kappa shape index (κ3) is 7.45. The van der Waals surface area contributed by atoms with Gasteiger partial charge < -0.3 is 4.74 Å². The number of carbonyl (C=O) groups excluding carboxylic acids is 1. The number of ether oxygens (including phenoxy) is 1. The highest BCUT2D eigenvalue weighted by Gasteiger charge is 2.12. The second kappa shape index (κ2) is 7.44. The van der Waals surface area contributed by atoms with E-state index in [1.165, 1.54) is 6.92 Å². The van der Waals surface area contributed by atoms with Gasteiger partial charge in [-0.1, -0.05) is 26.3 Å². The van der Waals surface area contributed by atoms with E-state index in [-0.39, 0.29) is 23.7 Å². The summed E-state index contributed by atoms with van der Waals surface area (Å²) in [5, 5.41) is 0. The summed E-state index contributed by atoms with van der Waals surface area (Å²) in [4.78, 5) is 11.0. The lowest BCUT2D eigenvalue weighted by atomic mass is 10.3. The van der Waals surface area contributed by atoms with E-state index < -0.39 is 15.8 Å². The summed E-state index contributed by atoms with van der Waals surface area (Å²) in [6, 6.07) is 0. The highest BCUT2D eigenvalue weighted by Crippen LogP contribution is 2.01. The second-order valence-electron chi connectivity index (χ2n) is 3.78. The molecule has 0 saturated carbocycles. The number of rotatable bonds is 8. The van der Waals surface area contributed by atoms with Gasteiger partial charge in [0.05, 0.1) is 11.5 Å². The topological polar surface area (TPSA) is 60.4 Å². The van der Waals surface area contributed by atoms with Gasteiger partial charge >= 0.3 is 5.97 Å². The summed E-state index contributed by atoms with van der Waals surface area (Å²) in [6.45, 7) is 6.86. The minimum Gasteiger partial charge on any atom is -0.461 e. The van der Waals surface area contributed by atoms with Crippen LogP contribution in [0.25, 0.3) is 0 Å². The first-order valence-electron chi connectivity index (χ1n) is 5.42. The van der Waals surface area contributed by atoms with E-state index in [2.05, 4.69) is 6.58 Å². The molecule has 0 atom stereocenters. The maximum absolute atomic E-state index is 11.4. The lowest BCUT2D eigenvalue weighted by Gasteiger charge is -2.05. The van der Waals surface area contributed by atoms with Crippen LogP contribution in [0, 0.1) is 0 Å². The van der Waals surface area contributed by atoms with E-state index in [9.17, 15) is 13.2 Å². The van der Waals surface area contributed by atoms with E-state index >= 15 is 0 Å². The molecule has 0 aromatic carbocycles. The Hall–Kier alpha value is -0.840. The fourth-order valence-electron chi connectivity index (χ4n) is 1.06. The van der Waals surface area contributed by atoms with Crippen molar-refractivity contribution in [3.8, 4) is 0 Å². The molecule has 0 aromatic rings. The zero-order valence-electron chi connectivity index (χ0n) is 9.99. The van der Waals surface area contributed by atoms with Gasteiger partial charge in [0.2, 0.25) is 0 Å². The third-order valence-corrected chi connectivity index (χ3v) is 3.73. The smallest absolute Gasteiger partial charge is 0.333 e. The molecule has 0 bridgehead atoms. The summed E-state index contributed by atoms with van der Waals surface area (Å²) >= 11 is 0. The van der Waals surface area contributed by atoms with Gasteiger partial charge in [0, 0.05) is 5.57 Å². The summed E-state index contributed by atoms with van der Waals surface area (Å²) in [7, 11) is -3.08. The van der Waals surface area contributed by atoms with Crippen molar-refractivity contribution < 1.29 is 17.9 Å². The average molecular weight is 248 g/mol. The Morgan fingerprint density at radius 2 is 1.88 bits per heavy atom. The van der Waals surface area contributed by atoms with Gasteiger partial charge in [-0.25, -0.2) is 13.2 Å². The molecule has 0 N–H and O–H groups in total. The van der Waals surface area contributed by atoms with Crippen molar-refractivity contribution in [3.05, 3.63) is 12.2 Å². The first-order chi connectivity index (χ1) is 7.39. The first kappa shape index (κ1) is 15.2. The summed E-state index contributed by atoms with van der Waals surface area (Å²) in [5.74, 6) is -0.468. The van der Waals surface area contributed by atoms with Crippen LogP contribution in [-0.4, -0.2) is 32.5 Å². The third-order valence-electron chi connectivity index (χ3n) is 2.03. The van der Waals surface area contributed by atoms with Gasteiger partial charge in [-0.15, -0.1) is 0 Å². The van der Waals surface area contributed by atoms with Crippen LogP contribution in [0.15, 0.2) is 12.2 Å². The molecule has 0 aliphatic carbocycles. The van der Waals surface area contributed by atoms with E-state index in [0.29, 0.717) is 6.42 Å². The van der Waals surface area contributed by atoms with Crippen molar-refractivity contribution in [1.29, 1.82) is 0 Å². The van der Waals surface area contributed by atoms with Crippen LogP contribution in [0.3, 0.4) is 0 Å². The highest BCUT2D eigenvalue weighted by atomic mass is 32.2. The molecule has 0 aliphatic rings. The largest absolute Gasteiger partial charge is 0.461 e. The highest BCUT2D eigenvalue weighted by molar-refractivity contribution is 7.91. The van der Waals surface area contributed by atoms with Gasteiger partial charge in [0.1, 0.15) is 6.61 Å². The molecule has 0 aromatic heterocycles. The minimum absolute atomic E-state index is 0.0832. The molecule has 0 rings (SSSR count). The number of hydrogen-bond acceptors (Lipinski definition) is 4. The Morgan fingerprint density at radius 3 is 2.38 bits per heavy atom. The van der Waals surface area contributed by atoms with Crippen LogP contribution in [0.5, 0.6) is 0 Å². The average Bonchev–Trinajstić information content (AvgIpc) is 2.17. The molecule has 94 valence electrons. The molecule has 0 fully saturated rings. The molecule has 4 nitrogen and oxygen atoms in total. The van der Waals surface area contributed by atoms with Gasteiger partial charge in [-0.2, -0.15) is 0 Å². The minimum atomic E-state index is -3.08. The maximum atomic E-state index is 11.4. The number of hydrogen-bond donors (Lipinski definition) is 0. The van der Waals surface area contributed by atoms with Gasteiger partial charge in [-0.3, -0.25) is 0 Å². The summed E-state index contributed by atoms with van der Waals surface area (Å²) in [6.07, 6.45) is 2.57. The predicted molar refractivity (Wildman–Crippen MR) is 64.0 cm³/mol. The molecule has 0 heterocycles. The molecule has 0 aliphatic heterocycles. The van der Waals surface area contributed by atoms with Gasteiger partial charge in [0.25, 0.3) is 0 Å². The second-order valence-corrected chi connectivity index (χ2v) is 6.08. The van der Waals surface area contributed by atoms with E-state index in [1.54, 1.807) is 0 Å². The molecule has 0 spiro atoms. The molecule has 0 saturated heterocycles. The Labute approximate surface area is 97.6 Å². The van der Waals surface area contributed by atoms with Crippen molar-refractivity contribution in [3.63, 3.8) is 0 Å². The molecule has 0 unspecified atom stereocenters. The lowest BCUT2D eigenvalue weighted by molar-refractivity contribution is -0.138. The Morgan fingerprint density at radius 1 is 1.25 bits per heavy atom. The first-order valence-corrected chi connectivity index (χ1v) is 7.24. The predicted octanol–water partition coefficient (Wildman–Crippen LogP) is 1.71. The van der Waals surface area contributed by atoms with Crippen molar-refractivity contribution >= 4 is 15.8 Å². The number of sulfone groups is 1. The summed E-state index contributed by atoms with van der Waals surface area (Å²) < 4.78 is 27.6. The molecular weight excluding hydrogens is 228 g/mol. The number of unbranched alkanes of at least 4 members (excludes halogenated alkanes) is 2. The lowest BCUT2D eigenvalue weighted by Crippen LogP contribution is -2.18. The van der Waals surface area contributed by atoms with Crippen LogP contribution in [0.1, 0.15) is 33.1 Å². The molecule has 0 amide bonds. The maximum Gasteiger partial charge on any atom is 0.333 e. The van der Waals surface area contributed by atoms with Crippen LogP contribution >= 0.6 is 0 Å². The van der Waals surface area contributed by atoms with Crippen molar-refractivity contribution in [2.75, 3.05) is 18.1 Å². The molecule has 0 radical (unpaired) electrons. The van der Waals surface area contributed by atoms with Crippen LogP contribution in [0.2, 0.25) is 0 Å². The Kier molecular flexibility index (Phi) is 7.05. The molecule has 5 heteroatoms. The van der Waals surface area contributed by atoms with E-state index in [1.807, 2.05) is 6.92 Å².